The van der Waals surface area contributed by atoms with Crippen molar-refractivity contribution < 1.29 is 23.1 Å². The van der Waals surface area contributed by atoms with Gasteiger partial charge in [-0.2, -0.15) is 0 Å². The van der Waals surface area contributed by atoms with Crippen LogP contribution in [0.1, 0.15) is 36.5 Å². The third-order valence-electron chi connectivity index (χ3n) is 6.50. The Labute approximate surface area is 199 Å². The Bertz CT molecular complexity index is 1280. The molecule has 0 spiro atoms. The molecule has 176 valence electrons. The van der Waals surface area contributed by atoms with Crippen molar-refractivity contribution in [3.8, 4) is 11.5 Å². The summed E-state index contributed by atoms with van der Waals surface area (Å²) in [5, 5.41) is 11.4. The topological polar surface area (TPSA) is 95.9 Å². The van der Waals surface area contributed by atoms with Gasteiger partial charge in [-0.15, -0.1) is 0 Å². The fourth-order valence-electron chi connectivity index (χ4n) is 4.79. The minimum absolute atomic E-state index is 0.0638. The molecule has 5 rings (SSSR count). The van der Waals surface area contributed by atoms with Gasteiger partial charge in [-0.05, 0) is 62.6 Å². The third-order valence-corrected chi connectivity index (χ3v) is 8.01. The molecule has 1 fully saturated rings. The molecule has 3 aromatic carbocycles. The van der Waals surface area contributed by atoms with Crippen LogP contribution in [0.15, 0.2) is 77.7 Å². The fourth-order valence-corrected chi connectivity index (χ4v) is 6.08. The van der Waals surface area contributed by atoms with E-state index in [-0.39, 0.29) is 16.7 Å². The van der Waals surface area contributed by atoms with Crippen LogP contribution in [0.3, 0.4) is 0 Å². The van der Waals surface area contributed by atoms with Gasteiger partial charge in [0.15, 0.2) is 17.3 Å². The SMILES string of the molecule is CC(=O)c1ccc(S(=O)(=O)N[C@@H]2CCC[C@H](N3c4ccccc4Oc4ccccc43)[C@H]2O)cc1. The third kappa shape index (κ3) is 4.09. The van der Waals surface area contributed by atoms with Crippen LogP contribution < -0.4 is 14.4 Å². The summed E-state index contributed by atoms with van der Waals surface area (Å²) in [6, 6.07) is 20.1. The van der Waals surface area contributed by atoms with Crippen LogP contribution in [0, 0.1) is 0 Å². The lowest BCUT2D eigenvalue weighted by Crippen LogP contribution is -2.56. The number of nitrogens with one attached hydrogen (secondary N) is 1. The predicted octanol–water partition coefficient (Wildman–Crippen LogP) is 4.39. The monoisotopic (exact) mass is 478 g/mol. The number of carbonyl (C=O) groups is 1. The lowest BCUT2D eigenvalue weighted by Gasteiger charge is -2.44. The molecule has 34 heavy (non-hydrogen) atoms. The zero-order valence-electron chi connectivity index (χ0n) is 18.7. The largest absolute Gasteiger partial charge is 0.453 e. The van der Waals surface area contributed by atoms with Gasteiger partial charge in [0.1, 0.15) is 0 Å². The van der Waals surface area contributed by atoms with Gasteiger partial charge in [0, 0.05) is 5.56 Å². The molecule has 2 N–H and O–H groups in total. The van der Waals surface area contributed by atoms with Crippen LogP contribution in [-0.2, 0) is 10.0 Å². The van der Waals surface area contributed by atoms with E-state index in [0.717, 1.165) is 17.8 Å². The number of aliphatic hydroxyl groups excluding tert-OH is 1. The summed E-state index contributed by atoms with van der Waals surface area (Å²) in [5.74, 6) is 1.26. The molecule has 3 atom stereocenters. The molecule has 8 heteroatoms. The van der Waals surface area contributed by atoms with Gasteiger partial charge in [-0.3, -0.25) is 4.79 Å². The molecular weight excluding hydrogens is 452 g/mol. The number of nitrogens with zero attached hydrogens (tertiary/aromatic N) is 1. The van der Waals surface area contributed by atoms with E-state index in [9.17, 15) is 18.3 Å². The number of rotatable bonds is 5. The Kier molecular flexibility index (Phi) is 5.89. The maximum Gasteiger partial charge on any atom is 0.240 e. The first-order valence-electron chi connectivity index (χ1n) is 11.3. The van der Waals surface area contributed by atoms with Crippen LogP contribution in [0.25, 0.3) is 0 Å². The summed E-state index contributed by atoms with van der Waals surface area (Å²) in [5.41, 5.74) is 2.13. The van der Waals surface area contributed by atoms with Crippen molar-refractivity contribution in [2.24, 2.45) is 0 Å². The quantitative estimate of drug-likeness (QED) is 0.528. The predicted molar refractivity (Wildman–Crippen MR) is 129 cm³/mol. The van der Waals surface area contributed by atoms with E-state index in [2.05, 4.69) is 9.62 Å². The Morgan fingerprint density at radius 3 is 2.12 bits per heavy atom. The maximum absolute atomic E-state index is 13.1. The highest BCUT2D eigenvalue weighted by Gasteiger charge is 2.41. The van der Waals surface area contributed by atoms with Gasteiger partial charge in [0.25, 0.3) is 0 Å². The average molecular weight is 479 g/mol. The van der Waals surface area contributed by atoms with Crippen molar-refractivity contribution >= 4 is 27.2 Å². The number of ketones is 1. The normalized spacial score (nSPS) is 21.8. The number of Topliss-reactive ketones (excluding diaryl/α,β-unsaturated/α-hetero) is 1. The van der Waals surface area contributed by atoms with Crippen molar-refractivity contribution in [3.05, 3.63) is 78.4 Å². The number of sulfonamides is 1. The minimum atomic E-state index is -3.87. The van der Waals surface area contributed by atoms with Crippen molar-refractivity contribution in [2.45, 2.75) is 49.3 Å². The molecule has 0 radical (unpaired) electrons. The fraction of sp³-hybridized carbons (Fsp3) is 0.269. The van der Waals surface area contributed by atoms with E-state index in [1.165, 1.54) is 31.2 Å². The van der Waals surface area contributed by atoms with Crippen LogP contribution in [0.2, 0.25) is 0 Å². The van der Waals surface area contributed by atoms with Gasteiger partial charge in [0.2, 0.25) is 10.0 Å². The number of para-hydroxylation sites is 4. The van der Waals surface area contributed by atoms with E-state index in [0.29, 0.717) is 29.9 Å². The lowest BCUT2D eigenvalue weighted by molar-refractivity contribution is 0.0807. The van der Waals surface area contributed by atoms with Crippen LogP contribution in [0.4, 0.5) is 11.4 Å². The summed E-state index contributed by atoms with van der Waals surface area (Å²) in [7, 11) is -3.87. The number of fused-ring (bicyclic) bond motifs is 2. The molecule has 1 aliphatic heterocycles. The molecule has 3 aromatic rings. The number of anilines is 2. The van der Waals surface area contributed by atoms with E-state index in [4.69, 9.17) is 4.74 Å². The summed E-state index contributed by atoms with van der Waals surface area (Å²) >= 11 is 0. The smallest absolute Gasteiger partial charge is 0.240 e. The number of hydrogen-bond acceptors (Lipinski definition) is 6. The lowest BCUT2D eigenvalue weighted by atomic mass is 9.86. The van der Waals surface area contributed by atoms with Gasteiger partial charge in [0.05, 0.1) is 34.5 Å². The first kappa shape index (κ1) is 22.6. The summed E-state index contributed by atoms with van der Waals surface area (Å²) in [6.07, 6.45) is 1.03. The Morgan fingerprint density at radius 1 is 0.941 bits per heavy atom. The van der Waals surface area contributed by atoms with Gasteiger partial charge in [-0.1, -0.05) is 36.4 Å². The molecule has 1 heterocycles. The zero-order chi connectivity index (χ0) is 23.9. The van der Waals surface area contributed by atoms with E-state index < -0.39 is 22.2 Å². The maximum atomic E-state index is 13.1. The Balaban J connectivity index is 1.44. The van der Waals surface area contributed by atoms with E-state index in [1.807, 2.05) is 48.5 Å². The molecule has 7 nitrogen and oxygen atoms in total. The molecule has 2 aliphatic rings. The number of hydrogen-bond donors (Lipinski definition) is 2. The van der Waals surface area contributed by atoms with Gasteiger partial charge >= 0.3 is 0 Å². The summed E-state index contributed by atoms with van der Waals surface area (Å²) in [4.78, 5) is 13.7. The molecule has 0 bridgehead atoms. The second kappa shape index (κ2) is 8.87. The minimum Gasteiger partial charge on any atom is -0.453 e. The molecule has 0 saturated heterocycles. The van der Waals surface area contributed by atoms with Crippen molar-refractivity contribution in [2.75, 3.05) is 4.90 Å². The summed E-state index contributed by atoms with van der Waals surface area (Å²) < 4.78 is 34.9. The highest BCUT2D eigenvalue weighted by molar-refractivity contribution is 7.89. The number of benzene rings is 3. The molecular formula is C26H26N2O5S. The standard InChI is InChI=1S/C26H26N2O5S/c1-17(29)18-13-15-19(16-14-18)34(31,32)27-20-7-6-10-23(26(20)30)28-21-8-2-4-11-24(21)33-25-12-5-3-9-22(25)28/h2-5,8-9,11-16,20,23,26-27,30H,6-7,10H2,1H3/t20-,23+,26+/m1/s1. The van der Waals surface area contributed by atoms with Crippen molar-refractivity contribution in [1.29, 1.82) is 0 Å². The van der Waals surface area contributed by atoms with Crippen LogP contribution in [0.5, 0.6) is 11.5 Å². The number of aliphatic hydroxyl groups is 1. The molecule has 0 amide bonds. The molecule has 0 aromatic heterocycles. The number of ether oxygens (including phenoxy) is 1. The van der Waals surface area contributed by atoms with E-state index >= 15 is 0 Å². The van der Waals surface area contributed by atoms with E-state index in [1.54, 1.807) is 0 Å². The van der Waals surface area contributed by atoms with Crippen LogP contribution in [-0.4, -0.2) is 37.5 Å². The average Bonchev–Trinajstić information content (AvgIpc) is 2.84. The molecule has 1 saturated carbocycles. The second-order valence-electron chi connectivity index (χ2n) is 8.70. The first-order chi connectivity index (χ1) is 16.3. The van der Waals surface area contributed by atoms with Gasteiger partial charge in [-0.25, -0.2) is 13.1 Å². The molecule has 0 unspecified atom stereocenters. The van der Waals surface area contributed by atoms with Crippen LogP contribution >= 0.6 is 0 Å². The molecule has 1 aliphatic carbocycles. The zero-order valence-corrected chi connectivity index (χ0v) is 19.5. The summed E-state index contributed by atoms with van der Waals surface area (Å²) in [6.45, 7) is 1.43. The second-order valence-corrected chi connectivity index (χ2v) is 10.4. The first-order valence-corrected chi connectivity index (χ1v) is 12.8. The van der Waals surface area contributed by atoms with Crippen molar-refractivity contribution in [3.63, 3.8) is 0 Å². The van der Waals surface area contributed by atoms with Crippen molar-refractivity contribution in [1.82, 2.24) is 4.72 Å². The highest BCUT2D eigenvalue weighted by atomic mass is 32.2. The highest BCUT2D eigenvalue weighted by Crippen LogP contribution is 2.49. The van der Waals surface area contributed by atoms with Gasteiger partial charge < -0.3 is 14.7 Å². The Hall–Kier alpha value is -3.20. The Morgan fingerprint density at radius 2 is 1.53 bits per heavy atom. The number of carbonyl (C=O) groups excluding carboxylic acids is 1.